The van der Waals surface area contributed by atoms with Gasteiger partial charge in [-0.25, -0.2) is 0 Å². The fraction of sp³-hybridized carbons (Fsp3) is 0.500. The molecule has 0 aliphatic heterocycles. The Morgan fingerprint density at radius 2 is 2.32 bits per heavy atom. The van der Waals surface area contributed by atoms with E-state index in [0.29, 0.717) is 6.61 Å². The number of ether oxygens (including phenoxy) is 1. The van der Waals surface area contributed by atoms with E-state index in [-0.39, 0.29) is 0 Å². The van der Waals surface area contributed by atoms with E-state index in [1.165, 1.54) is 9.75 Å². The Kier molecular flexibility index (Phi) is 5.42. The second kappa shape index (κ2) is 7.31. The van der Waals surface area contributed by atoms with Crippen molar-refractivity contribution >= 4 is 11.3 Å². The van der Waals surface area contributed by atoms with Gasteiger partial charge in [0.2, 0.25) is 0 Å². The van der Waals surface area contributed by atoms with Gasteiger partial charge in [-0.3, -0.25) is 4.68 Å². The van der Waals surface area contributed by atoms with E-state index in [1.807, 2.05) is 22.2 Å². The first-order chi connectivity index (χ1) is 9.28. The largest absolute Gasteiger partial charge is 0.489 e. The number of thiophene rings is 1. The minimum absolute atomic E-state index is 0.669. The first kappa shape index (κ1) is 14.1. The minimum atomic E-state index is 0.669. The van der Waals surface area contributed by atoms with Crippen LogP contribution in [-0.2, 0) is 13.1 Å². The summed E-state index contributed by atoms with van der Waals surface area (Å²) in [5, 5.41) is 7.60. The summed E-state index contributed by atoms with van der Waals surface area (Å²) in [6, 6.07) is 4.32. The van der Waals surface area contributed by atoms with Crippen LogP contribution in [0.1, 0.15) is 23.1 Å². The van der Waals surface area contributed by atoms with Gasteiger partial charge in [-0.15, -0.1) is 11.3 Å². The second-order valence-corrected chi connectivity index (χ2v) is 5.85. The van der Waals surface area contributed by atoms with Gasteiger partial charge in [0.15, 0.2) is 5.75 Å². The standard InChI is InChI=1S/C14H21N3OS/c1-3-7-17-11-13(9-16-17)18-8-6-15-10-14-5-4-12(2)19-14/h4-5,9,11,15H,3,6-8,10H2,1-2H3. The molecule has 104 valence electrons. The van der Waals surface area contributed by atoms with Crippen molar-refractivity contribution in [3.63, 3.8) is 0 Å². The highest BCUT2D eigenvalue weighted by Crippen LogP contribution is 2.14. The molecule has 0 saturated heterocycles. The molecule has 4 nitrogen and oxygen atoms in total. The fourth-order valence-electron chi connectivity index (χ4n) is 1.80. The topological polar surface area (TPSA) is 39.1 Å². The first-order valence-electron chi connectivity index (χ1n) is 6.69. The molecule has 0 amide bonds. The molecular weight excluding hydrogens is 258 g/mol. The third-order valence-electron chi connectivity index (χ3n) is 2.71. The molecule has 19 heavy (non-hydrogen) atoms. The quantitative estimate of drug-likeness (QED) is 0.755. The van der Waals surface area contributed by atoms with Crippen LogP contribution in [0.4, 0.5) is 0 Å². The van der Waals surface area contributed by atoms with E-state index >= 15 is 0 Å². The maximum Gasteiger partial charge on any atom is 0.157 e. The van der Waals surface area contributed by atoms with E-state index in [2.05, 4.69) is 36.4 Å². The molecule has 0 spiro atoms. The molecule has 0 atom stereocenters. The maximum absolute atomic E-state index is 5.63. The highest BCUT2D eigenvalue weighted by Gasteiger charge is 1.99. The molecule has 0 bridgehead atoms. The monoisotopic (exact) mass is 279 g/mol. The van der Waals surface area contributed by atoms with Crippen molar-refractivity contribution in [3.8, 4) is 5.75 Å². The van der Waals surface area contributed by atoms with E-state index in [0.717, 1.165) is 31.8 Å². The Bertz CT molecular complexity index is 492. The number of hydrogen-bond donors (Lipinski definition) is 1. The van der Waals surface area contributed by atoms with Crippen molar-refractivity contribution in [2.75, 3.05) is 13.2 Å². The Labute approximate surface area is 118 Å². The lowest BCUT2D eigenvalue weighted by Crippen LogP contribution is -2.19. The molecule has 2 aromatic rings. The van der Waals surface area contributed by atoms with Gasteiger partial charge >= 0.3 is 0 Å². The van der Waals surface area contributed by atoms with Crippen molar-refractivity contribution in [1.29, 1.82) is 0 Å². The molecule has 0 aliphatic carbocycles. The summed E-state index contributed by atoms with van der Waals surface area (Å²) in [5.74, 6) is 0.849. The number of hydrogen-bond acceptors (Lipinski definition) is 4. The molecule has 2 aromatic heterocycles. The summed E-state index contributed by atoms with van der Waals surface area (Å²) in [6.45, 7) is 7.64. The summed E-state index contributed by atoms with van der Waals surface area (Å²) in [5.41, 5.74) is 0. The molecule has 0 unspecified atom stereocenters. The molecule has 0 radical (unpaired) electrons. The molecule has 2 heterocycles. The predicted molar refractivity (Wildman–Crippen MR) is 78.8 cm³/mol. The Morgan fingerprint density at radius 3 is 3.05 bits per heavy atom. The highest BCUT2D eigenvalue weighted by atomic mass is 32.1. The summed E-state index contributed by atoms with van der Waals surface area (Å²) < 4.78 is 7.55. The summed E-state index contributed by atoms with van der Waals surface area (Å²) in [6.07, 6.45) is 4.81. The summed E-state index contributed by atoms with van der Waals surface area (Å²) >= 11 is 1.83. The zero-order valence-electron chi connectivity index (χ0n) is 11.6. The summed E-state index contributed by atoms with van der Waals surface area (Å²) in [4.78, 5) is 2.73. The van der Waals surface area contributed by atoms with Crippen molar-refractivity contribution in [2.45, 2.75) is 33.4 Å². The van der Waals surface area contributed by atoms with Crippen molar-refractivity contribution < 1.29 is 4.74 Å². The summed E-state index contributed by atoms with van der Waals surface area (Å²) in [7, 11) is 0. The lowest BCUT2D eigenvalue weighted by atomic mass is 10.4. The lowest BCUT2D eigenvalue weighted by Gasteiger charge is -2.04. The molecule has 2 rings (SSSR count). The maximum atomic E-state index is 5.63. The van der Waals surface area contributed by atoms with Crippen LogP contribution in [0.25, 0.3) is 0 Å². The van der Waals surface area contributed by atoms with Crippen molar-refractivity contribution in [2.24, 2.45) is 0 Å². The molecule has 0 fully saturated rings. The van der Waals surface area contributed by atoms with Gasteiger partial charge in [-0.2, -0.15) is 5.10 Å². The number of rotatable bonds is 8. The van der Waals surface area contributed by atoms with Gasteiger partial charge in [0.05, 0.1) is 12.4 Å². The smallest absolute Gasteiger partial charge is 0.157 e. The van der Waals surface area contributed by atoms with E-state index in [4.69, 9.17) is 4.74 Å². The van der Waals surface area contributed by atoms with Crippen LogP contribution in [0.5, 0.6) is 5.75 Å². The van der Waals surface area contributed by atoms with Gasteiger partial charge in [-0.05, 0) is 25.5 Å². The van der Waals surface area contributed by atoms with Gasteiger partial charge in [0, 0.05) is 29.4 Å². The highest BCUT2D eigenvalue weighted by molar-refractivity contribution is 7.11. The predicted octanol–water partition coefficient (Wildman–Crippen LogP) is 2.83. The molecule has 0 saturated carbocycles. The average Bonchev–Trinajstić information content (AvgIpc) is 2.99. The molecule has 5 heteroatoms. The number of nitrogens with zero attached hydrogens (tertiary/aromatic N) is 2. The van der Waals surface area contributed by atoms with E-state index in [9.17, 15) is 0 Å². The zero-order valence-corrected chi connectivity index (χ0v) is 12.4. The van der Waals surface area contributed by atoms with Gasteiger partial charge in [0.25, 0.3) is 0 Å². The van der Waals surface area contributed by atoms with Gasteiger partial charge < -0.3 is 10.1 Å². The third kappa shape index (κ3) is 4.69. The SMILES string of the molecule is CCCn1cc(OCCNCc2ccc(C)s2)cn1. The van der Waals surface area contributed by atoms with Crippen LogP contribution in [0.2, 0.25) is 0 Å². The Balaban J connectivity index is 1.61. The minimum Gasteiger partial charge on any atom is -0.489 e. The van der Waals surface area contributed by atoms with Crippen LogP contribution in [-0.4, -0.2) is 22.9 Å². The van der Waals surface area contributed by atoms with Gasteiger partial charge in [-0.1, -0.05) is 6.92 Å². The van der Waals surface area contributed by atoms with Crippen molar-refractivity contribution in [1.82, 2.24) is 15.1 Å². The Morgan fingerprint density at radius 1 is 1.42 bits per heavy atom. The third-order valence-corrected chi connectivity index (χ3v) is 3.71. The van der Waals surface area contributed by atoms with Crippen molar-refractivity contribution in [3.05, 3.63) is 34.3 Å². The van der Waals surface area contributed by atoms with Crippen LogP contribution in [0.3, 0.4) is 0 Å². The normalized spacial score (nSPS) is 10.8. The lowest BCUT2D eigenvalue weighted by molar-refractivity contribution is 0.313. The average molecular weight is 279 g/mol. The number of aromatic nitrogens is 2. The Hall–Kier alpha value is -1.33. The number of nitrogens with one attached hydrogen (secondary N) is 1. The molecular formula is C14H21N3OS. The van der Waals surface area contributed by atoms with E-state index in [1.54, 1.807) is 6.20 Å². The van der Waals surface area contributed by atoms with Crippen LogP contribution >= 0.6 is 11.3 Å². The van der Waals surface area contributed by atoms with Gasteiger partial charge in [0.1, 0.15) is 6.61 Å². The van der Waals surface area contributed by atoms with Crippen LogP contribution < -0.4 is 10.1 Å². The molecule has 0 aliphatic rings. The molecule has 1 N–H and O–H groups in total. The van der Waals surface area contributed by atoms with Crippen LogP contribution in [0.15, 0.2) is 24.5 Å². The fourth-order valence-corrected chi connectivity index (χ4v) is 2.66. The first-order valence-corrected chi connectivity index (χ1v) is 7.51. The van der Waals surface area contributed by atoms with Crippen LogP contribution in [0, 0.1) is 6.92 Å². The zero-order chi connectivity index (χ0) is 13.5. The molecule has 0 aromatic carbocycles. The second-order valence-electron chi connectivity index (χ2n) is 4.48. The van der Waals surface area contributed by atoms with E-state index < -0.39 is 0 Å². The number of aryl methyl sites for hydroxylation is 2.